The summed E-state index contributed by atoms with van der Waals surface area (Å²) in [5.41, 5.74) is 0.736. The van der Waals surface area contributed by atoms with Crippen molar-refractivity contribution in [2.45, 2.75) is 139 Å². The lowest BCUT2D eigenvalue weighted by atomic mass is 9.44. The van der Waals surface area contributed by atoms with E-state index in [9.17, 15) is 9.90 Å². The van der Waals surface area contributed by atoms with E-state index in [-0.39, 0.29) is 11.3 Å². The molecule has 2 N–H and O–H groups in total. The number of aliphatic hydroxyl groups excluding tert-OH is 1. The quantitative estimate of drug-likeness (QED) is 0.376. The summed E-state index contributed by atoms with van der Waals surface area (Å²) in [6.45, 7) is 20.7. The molecular formula is C32H61NO2. The van der Waals surface area contributed by atoms with Gasteiger partial charge in [0.05, 0.1) is 0 Å². The second kappa shape index (κ2) is 13.3. The lowest BCUT2D eigenvalue weighted by molar-refractivity contribution is -0.147. The molecular weight excluding hydrogens is 430 g/mol. The molecule has 4 aliphatic rings. The van der Waals surface area contributed by atoms with E-state index in [1.807, 2.05) is 27.7 Å². The molecule has 1 saturated heterocycles. The number of nitrogens with one attached hydrogen (secondary N) is 1. The zero-order valence-corrected chi connectivity index (χ0v) is 25.0. The van der Waals surface area contributed by atoms with Crippen LogP contribution in [0.2, 0.25) is 0 Å². The van der Waals surface area contributed by atoms with Crippen LogP contribution >= 0.6 is 0 Å². The summed E-state index contributed by atoms with van der Waals surface area (Å²) in [6.07, 6.45) is 13.4. The zero-order chi connectivity index (χ0) is 26.4. The van der Waals surface area contributed by atoms with Crippen molar-refractivity contribution in [2.24, 2.45) is 52.3 Å². The van der Waals surface area contributed by atoms with E-state index in [1.54, 1.807) is 0 Å². The minimum absolute atomic E-state index is 0.250. The first-order valence-electron chi connectivity index (χ1n) is 15.6. The van der Waals surface area contributed by atoms with Gasteiger partial charge in [-0.05, 0) is 97.2 Å². The fourth-order valence-electron chi connectivity index (χ4n) is 9.34. The first-order valence-corrected chi connectivity index (χ1v) is 15.6. The molecule has 0 aromatic heterocycles. The van der Waals surface area contributed by atoms with Crippen molar-refractivity contribution in [3.63, 3.8) is 0 Å². The predicted molar refractivity (Wildman–Crippen MR) is 150 cm³/mol. The minimum Gasteiger partial charge on any atom is -0.396 e. The number of piperidine rings is 1. The molecule has 9 unspecified atom stereocenters. The van der Waals surface area contributed by atoms with Crippen molar-refractivity contribution in [3.05, 3.63) is 0 Å². The van der Waals surface area contributed by atoms with Gasteiger partial charge < -0.3 is 10.4 Å². The third kappa shape index (κ3) is 6.12. The Morgan fingerprint density at radius 1 is 0.943 bits per heavy atom. The number of fused-ring (bicyclic) bond motifs is 5. The Morgan fingerprint density at radius 3 is 2.23 bits per heavy atom. The van der Waals surface area contributed by atoms with Crippen LogP contribution in [0, 0.1) is 52.3 Å². The highest BCUT2D eigenvalue weighted by Crippen LogP contribution is 2.68. The molecule has 4 rings (SSSR count). The van der Waals surface area contributed by atoms with E-state index < -0.39 is 0 Å². The number of carbonyl (C=O) groups is 1. The predicted octanol–water partition coefficient (Wildman–Crippen LogP) is 8.25. The maximum atomic E-state index is 12.2. The maximum Gasteiger partial charge on any atom is 0.220 e. The van der Waals surface area contributed by atoms with Gasteiger partial charge in [-0.25, -0.2) is 0 Å². The summed E-state index contributed by atoms with van der Waals surface area (Å²) in [5.74, 6) is 5.63. The van der Waals surface area contributed by atoms with Crippen molar-refractivity contribution >= 4 is 5.91 Å². The Hall–Kier alpha value is -0.570. The molecule has 0 spiro atoms. The summed E-state index contributed by atoms with van der Waals surface area (Å²) in [4.78, 5) is 12.2. The lowest BCUT2D eigenvalue weighted by Crippen LogP contribution is -2.63. The first kappa shape index (κ1) is 30.7. The Labute approximate surface area is 219 Å². The van der Waals surface area contributed by atoms with E-state index >= 15 is 0 Å². The summed E-state index contributed by atoms with van der Waals surface area (Å²) < 4.78 is 0. The second-order valence-electron chi connectivity index (χ2n) is 13.0. The van der Waals surface area contributed by atoms with Gasteiger partial charge in [-0.15, -0.1) is 0 Å². The van der Waals surface area contributed by atoms with E-state index in [2.05, 4.69) is 39.9 Å². The Balaban J connectivity index is 0.00000103. The normalized spacial score (nSPS) is 40.7. The van der Waals surface area contributed by atoms with Crippen LogP contribution in [0.25, 0.3) is 0 Å². The number of carbonyl (C=O) groups excluding carboxylic acids is 1. The average Bonchev–Trinajstić information content (AvgIpc) is 3.20. The molecule has 1 amide bonds. The highest BCUT2D eigenvalue weighted by Gasteiger charge is 2.62. The molecule has 4 fully saturated rings. The molecule has 0 radical (unpaired) electrons. The van der Waals surface area contributed by atoms with Crippen LogP contribution in [0.3, 0.4) is 0 Å². The Bertz CT molecular complexity index is 647. The van der Waals surface area contributed by atoms with Crippen LogP contribution in [0.4, 0.5) is 0 Å². The average molecular weight is 492 g/mol. The number of hydrogen-bond donors (Lipinski definition) is 2. The third-order valence-corrected chi connectivity index (χ3v) is 11.0. The molecule has 206 valence electrons. The van der Waals surface area contributed by atoms with Crippen molar-refractivity contribution < 1.29 is 9.90 Å². The highest BCUT2D eigenvalue weighted by molar-refractivity contribution is 5.77. The van der Waals surface area contributed by atoms with Gasteiger partial charge in [0.1, 0.15) is 0 Å². The number of hydrogen-bond acceptors (Lipinski definition) is 2. The van der Waals surface area contributed by atoms with Crippen molar-refractivity contribution in [3.8, 4) is 0 Å². The standard InChI is InChI=1S/C28H49NO2.2C2H6/c1-18(2)7-6-8-19(3)21-9-10-22-26-20(13-16-30)17-24-28(5,15-12-25(31)29-24)23(26)11-14-27(21,22)4;2*1-2/h18-24,26,30H,6-17H2,1-5H3,(H,29,31);2*1-2H3. The number of amides is 1. The van der Waals surface area contributed by atoms with Crippen LogP contribution in [0.5, 0.6) is 0 Å². The van der Waals surface area contributed by atoms with Gasteiger partial charge in [0.15, 0.2) is 0 Å². The molecule has 3 saturated carbocycles. The third-order valence-electron chi connectivity index (χ3n) is 11.0. The summed E-state index contributed by atoms with van der Waals surface area (Å²) in [7, 11) is 0. The monoisotopic (exact) mass is 491 g/mol. The van der Waals surface area contributed by atoms with Gasteiger partial charge in [0.2, 0.25) is 5.91 Å². The van der Waals surface area contributed by atoms with Crippen LogP contribution in [0.1, 0.15) is 133 Å². The molecule has 3 heteroatoms. The molecule has 3 nitrogen and oxygen atoms in total. The second-order valence-corrected chi connectivity index (χ2v) is 13.0. The van der Waals surface area contributed by atoms with E-state index in [0.717, 1.165) is 54.8 Å². The molecule has 0 bridgehead atoms. The zero-order valence-electron chi connectivity index (χ0n) is 25.0. The lowest BCUT2D eigenvalue weighted by Gasteiger charge is -2.63. The SMILES string of the molecule is CC.CC.CC(C)CCCC(C)C1CCC2C3C(CCO)CC4NC(=O)CCC4(C)C3CCC12C. The van der Waals surface area contributed by atoms with Gasteiger partial charge in [-0.2, -0.15) is 0 Å². The summed E-state index contributed by atoms with van der Waals surface area (Å²) in [6, 6.07) is 0.322. The molecule has 0 aromatic carbocycles. The minimum atomic E-state index is 0.250. The van der Waals surface area contributed by atoms with Gasteiger partial charge in [-0.3, -0.25) is 4.79 Å². The Kier molecular flexibility index (Phi) is 11.6. The van der Waals surface area contributed by atoms with Gasteiger partial charge in [-0.1, -0.05) is 81.6 Å². The molecule has 1 aliphatic heterocycles. The molecule has 3 aliphatic carbocycles. The first-order chi connectivity index (χ1) is 16.7. The van der Waals surface area contributed by atoms with Crippen LogP contribution in [-0.4, -0.2) is 23.7 Å². The fraction of sp³-hybridized carbons (Fsp3) is 0.969. The Morgan fingerprint density at radius 2 is 1.60 bits per heavy atom. The summed E-state index contributed by atoms with van der Waals surface area (Å²) in [5, 5.41) is 13.3. The number of rotatable bonds is 7. The van der Waals surface area contributed by atoms with Gasteiger partial charge in [0, 0.05) is 19.1 Å². The number of aliphatic hydroxyl groups is 1. The summed E-state index contributed by atoms with van der Waals surface area (Å²) >= 11 is 0. The van der Waals surface area contributed by atoms with Gasteiger partial charge >= 0.3 is 0 Å². The van der Waals surface area contributed by atoms with E-state index in [4.69, 9.17) is 0 Å². The van der Waals surface area contributed by atoms with Gasteiger partial charge in [0.25, 0.3) is 0 Å². The molecule has 9 atom stereocenters. The molecule has 1 heterocycles. The maximum absolute atomic E-state index is 12.2. The van der Waals surface area contributed by atoms with Crippen molar-refractivity contribution in [2.75, 3.05) is 6.61 Å². The van der Waals surface area contributed by atoms with E-state index in [1.165, 1.54) is 44.9 Å². The van der Waals surface area contributed by atoms with Crippen LogP contribution in [0.15, 0.2) is 0 Å². The smallest absolute Gasteiger partial charge is 0.220 e. The molecule has 35 heavy (non-hydrogen) atoms. The van der Waals surface area contributed by atoms with Crippen LogP contribution < -0.4 is 5.32 Å². The largest absolute Gasteiger partial charge is 0.396 e. The highest BCUT2D eigenvalue weighted by atomic mass is 16.3. The van der Waals surface area contributed by atoms with Crippen molar-refractivity contribution in [1.82, 2.24) is 5.32 Å². The van der Waals surface area contributed by atoms with Crippen LogP contribution in [-0.2, 0) is 4.79 Å². The molecule has 0 aromatic rings. The van der Waals surface area contributed by atoms with Crippen molar-refractivity contribution in [1.29, 1.82) is 0 Å². The fourth-order valence-corrected chi connectivity index (χ4v) is 9.34. The van der Waals surface area contributed by atoms with E-state index in [0.29, 0.717) is 30.4 Å². The topological polar surface area (TPSA) is 49.3 Å².